The number of aromatic nitrogens is 2. The molecule has 5 nitrogen and oxygen atoms in total. The average molecular weight is 410 g/mol. The zero-order valence-electron chi connectivity index (χ0n) is 14.2. The standard InChI is InChI=1S/C18H14ClF2N3O2S/c1-18(21)8-24(9-18)14(25)6-23-3-2-13-15(17(23)26)11(7-27-13)10-4-12(19)16(20)22-5-10/h2-5,7H,6,8-9H2,1H3. The Morgan fingerprint density at radius 2 is 2.19 bits per heavy atom. The lowest BCUT2D eigenvalue weighted by Crippen LogP contribution is -2.60. The molecule has 4 rings (SSSR count). The molecule has 0 radical (unpaired) electrons. The van der Waals surface area contributed by atoms with Gasteiger partial charge in [-0.05, 0) is 19.1 Å². The van der Waals surface area contributed by atoms with Crippen LogP contribution in [0.2, 0.25) is 5.02 Å². The van der Waals surface area contributed by atoms with E-state index in [9.17, 15) is 18.4 Å². The highest BCUT2D eigenvalue weighted by atomic mass is 35.5. The number of rotatable bonds is 3. The van der Waals surface area contributed by atoms with Gasteiger partial charge in [-0.2, -0.15) is 4.39 Å². The molecule has 9 heteroatoms. The number of hydrogen-bond donors (Lipinski definition) is 0. The second-order valence-electron chi connectivity index (χ2n) is 6.80. The molecule has 1 aliphatic rings. The lowest BCUT2D eigenvalue weighted by atomic mass is 9.99. The monoisotopic (exact) mass is 409 g/mol. The number of alkyl halides is 1. The largest absolute Gasteiger partial charge is 0.335 e. The van der Waals surface area contributed by atoms with Crippen molar-refractivity contribution in [1.29, 1.82) is 0 Å². The second-order valence-corrected chi connectivity index (χ2v) is 8.12. The summed E-state index contributed by atoms with van der Waals surface area (Å²) in [5, 5.41) is 2.05. The molecule has 0 spiro atoms. The first-order chi connectivity index (χ1) is 12.7. The number of hydrogen-bond acceptors (Lipinski definition) is 4. The highest BCUT2D eigenvalue weighted by molar-refractivity contribution is 7.17. The molecule has 3 aromatic heterocycles. The van der Waals surface area contributed by atoms with Crippen LogP contribution >= 0.6 is 22.9 Å². The van der Waals surface area contributed by atoms with E-state index in [2.05, 4.69) is 4.98 Å². The van der Waals surface area contributed by atoms with Gasteiger partial charge in [-0.25, -0.2) is 9.37 Å². The zero-order valence-corrected chi connectivity index (χ0v) is 15.8. The van der Waals surface area contributed by atoms with Gasteiger partial charge < -0.3 is 9.47 Å². The van der Waals surface area contributed by atoms with E-state index in [1.54, 1.807) is 17.6 Å². The van der Waals surface area contributed by atoms with Crippen molar-refractivity contribution in [1.82, 2.24) is 14.5 Å². The number of likely N-dealkylation sites (tertiary alicyclic amines) is 1. The minimum absolute atomic E-state index is 0.0340. The van der Waals surface area contributed by atoms with Gasteiger partial charge in [0.15, 0.2) is 0 Å². The maximum absolute atomic E-state index is 13.6. The van der Waals surface area contributed by atoms with Gasteiger partial charge in [0.1, 0.15) is 12.2 Å². The Kier molecular flexibility index (Phi) is 4.27. The van der Waals surface area contributed by atoms with Crippen LogP contribution in [0.25, 0.3) is 21.2 Å². The Hall–Kier alpha value is -2.32. The van der Waals surface area contributed by atoms with Crippen molar-refractivity contribution in [3.63, 3.8) is 0 Å². The van der Waals surface area contributed by atoms with Crippen LogP contribution in [0.1, 0.15) is 6.92 Å². The molecular formula is C18H14ClF2N3O2S. The fourth-order valence-corrected chi connectivity index (χ4v) is 4.28. The van der Waals surface area contributed by atoms with E-state index in [0.29, 0.717) is 16.5 Å². The van der Waals surface area contributed by atoms with Crippen molar-refractivity contribution in [3.8, 4) is 11.1 Å². The predicted molar refractivity (Wildman–Crippen MR) is 100 cm³/mol. The number of pyridine rings is 2. The molecule has 140 valence electrons. The van der Waals surface area contributed by atoms with Gasteiger partial charge in [-0.3, -0.25) is 9.59 Å². The Labute approximate surface area is 161 Å². The minimum Gasteiger partial charge on any atom is -0.335 e. The predicted octanol–water partition coefficient (Wildman–Crippen LogP) is 3.49. The van der Waals surface area contributed by atoms with Crippen LogP contribution in [0.4, 0.5) is 8.78 Å². The van der Waals surface area contributed by atoms with Crippen LogP contribution in [-0.4, -0.2) is 39.1 Å². The molecule has 27 heavy (non-hydrogen) atoms. The van der Waals surface area contributed by atoms with Gasteiger partial charge in [0, 0.05) is 33.6 Å². The van der Waals surface area contributed by atoms with Crippen LogP contribution in [-0.2, 0) is 11.3 Å². The third-order valence-electron chi connectivity index (χ3n) is 4.51. The smallest absolute Gasteiger partial charge is 0.260 e. The second kappa shape index (κ2) is 6.38. The summed E-state index contributed by atoms with van der Waals surface area (Å²) in [6, 6.07) is 3.15. The number of carbonyl (C=O) groups is 1. The number of nitrogens with zero attached hydrogens (tertiary/aromatic N) is 3. The number of halogens is 3. The summed E-state index contributed by atoms with van der Waals surface area (Å²) in [4.78, 5) is 30.2. The summed E-state index contributed by atoms with van der Waals surface area (Å²) >= 11 is 7.16. The van der Waals surface area contributed by atoms with E-state index in [0.717, 1.165) is 4.70 Å². The fraction of sp³-hybridized carbons (Fsp3) is 0.278. The third-order valence-corrected chi connectivity index (χ3v) is 5.72. The molecule has 4 heterocycles. The van der Waals surface area contributed by atoms with E-state index in [1.165, 1.54) is 40.0 Å². The Balaban J connectivity index is 1.70. The average Bonchev–Trinajstić information content (AvgIpc) is 3.02. The van der Waals surface area contributed by atoms with E-state index >= 15 is 0 Å². The molecule has 0 atom stereocenters. The Bertz CT molecular complexity index is 1120. The SMILES string of the molecule is CC1(F)CN(C(=O)Cn2ccc3scc(-c4cnc(F)c(Cl)c4)c3c2=O)C1. The Morgan fingerprint density at radius 3 is 2.85 bits per heavy atom. The normalized spacial score (nSPS) is 15.8. The summed E-state index contributed by atoms with van der Waals surface area (Å²) in [5.74, 6) is -1.09. The van der Waals surface area contributed by atoms with Gasteiger partial charge in [0.25, 0.3) is 5.56 Å². The highest BCUT2D eigenvalue weighted by Crippen LogP contribution is 2.33. The molecule has 0 aromatic carbocycles. The minimum atomic E-state index is -1.36. The Morgan fingerprint density at radius 1 is 1.44 bits per heavy atom. The van der Waals surface area contributed by atoms with Crippen LogP contribution in [0.5, 0.6) is 0 Å². The molecule has 1 amide bonds. The summed E-state index contributed by atoms with van der Waals surface area (Å²) in [7, 11) is 0. The molecule has 0 N–H and O–H groups in total. The van der Waals surface area contributed by atoms with Crippen molar-refractivity contribution < 1.29 is 13.6 Å². The van der Waals surface area contributed by atoms with Crippen molar-refractivity contribution in [2.24, 2.45) is 0 Å². The van der Waals surface area contributed by atoms with Gasteiger partial charge >= 0.3 is 0 Å². The number of fused-ring (bicyclic) bond motifs is 1. The van der Waals surface area contributed by atoms with Crippen molar-refractivity contribution in [2.75, 3.05) is 13.1 Å². The van der Waals surface area contributed by atoms with Crippen LogP contribution < -0.4 is 5.56 Å². The van der Waals surface area contributed by atoms with E-state index < -0.39 is 11.6 Å². The fourth-order valence-electron chi connectivity index (χ4n) is 3.16. The highest BCUT2D eigenvalue weighted by Gasteiger charge is 2.41. The molecule has 1 fully saturated rings. The molecule has 0 aliphatic carbocycles. The van der Waals surface area contributed by atoms with Gasteiger partial charge in [-0.15, -0.1) is 11.3 Å². The quantitative estimate of drug-likeness (QED) is 0.622. The van der Waals surface area contributed by atoms with Crippen molar-refractivity contribution in [3.05, 3.63) is 51.2 Å². The van der Waals surface area contributed by atoms with E-state index in [4.69, 9.17) is 11.6 Å². The van der Waals surface area contributed by atoms with E-state index in [1.807, 2.05) is 0 Å². The first-order valence-electron chi connectivity index (χ1n) is 8.14. The van der Waals surface area contributed by atoms with Crippen LogP contribution in [0, 0.1) is 5.95 Å². The van der Waals surface area contributed by atoms with Crippen molar-refractivity contribution >= 4 is 38.9 Å². The summed E-state index contributed by atoms with van der Waals surface area (Å²) < 4.78 is 29.0. The first-order valence-corrected chi connectivity index (χ1v) is 9.40. The molecule has 0 unspecified atom stereocenters. The number of carbonyl (C=O) groups excluding carboxylic acids is 1. The molecule has 3 aromatic rings. The number of amides is 1. The molecule has 1 aliphatic heterocycles. The lowest BCUT2D eigenvalue weighted by Gasteiger charge is -2.42. The van der Waals surface area contributed by atoms with Gasteiger partial charge in [0.05, 0.1) is 23.5 Å². The molecule has 1 saturated heterocycles. The van der Waals surface area contributed by atoms with Gasteiger partial charge in [-0.1, -0.05) is 11.6 Å². The molecular weight excluding hydrogens is 396 g/mol. The van der Waals surface area contributed by atoms with Crippen LogP contribution in [0.15, 0.2) is 34.7 Å². The first kappa shape index (κ1) is 18.1. The topological polar surface area (TPSA) is 55.2 Å². The summed E-state index contributed by atoms with van der Waals surface area (Å²) in [5.41, 5.74) is -0.609. The summed E-state index contributed by atoms with van der Waals surface area (Å²) in [6.07, 6.45) is 2.86. The number of thiophene rings is 1. The van der Waals surface area contributed by atoms with Crippen LogP contribution in [0.3, 0.4) is 0 Å². The van der Waals surface area contributed by atoms with Crippen molar-refractivity contribution in [2.45, 2.75) is 19.1 Å². The maximum Gasteiger partial charge on any atom is 0.260 e. The molecule has 0 bridgehead atoms. The lowest BCUT2D eigenvalue weighted by molar-refractivity contribution is -0.144. The zero-order chi connectivity index (χ0) is 19.3. The molecule has 0 saturated carbocycles. The third kappa shape index (κ3) is 3.23. The van der Waals surface area contributed by atoms with Gasteiger partial charge in [0.2, 0.25) is 11.9 Å². The van der Waals surface area contributed by atoms with E-state index in [-0.39, 0.29) is 36.1 Å². The summed E-state index contributed by atoms with van der Waals surface area (Å²) in [6.45, 7) is 1.34. The maximum atomic E-state index is 13.6.